The molecule has 8 nitrogen and oxygen atoms in total. The van der Waals surface area contributed by atoms with Gasteiger partial charge in [0.25, 0.3) is 5.91 Å². The number of rotatable bonds is 4. The molecule has 0 aromatic carbocycles. The molecule has 0 aliphatic carbocycles. The Labute approximate surface area is 132 Å². The zero-order valence-electron chi connectivity index (χ0n) is 12.6. The van der Waals surface area contributed by atoms with Crippen LogP contribution < -0.4 is 4.74 Å². The van der Waals surface area contributed by atoms with Gasteiger partial charge in [0.05, 0.1) is 18.8 Å². The summed E-state index contributed by atoms with van der Waals surface area (Å²) >= 11 is 0. The van der Waals surface area contributed by atoms with Crippen molar-refractivity contribution in [2.75, 3.05) is 13.2 Å². The Morgan fingerprint density at radius 2 is 2.30 bits per heavy atom. The van der Waals surface area contributed by atoms with E-state index in [1.165, 1.54) is 0 Å². The second-order valence-electron chi connectivity index (χ2n) is 5.10. The molecule has 120 valence electrons. The van der Waals surface area contributed by atoms with Crippen molar-refractivity contribution < 1.29 is 19.4 Å². The van der Waals surface area contributed by atoms with Crippen LogP contribution in [-0.2, 0) is 13.0 Å². The molecule has 1 aliphatic heterocycles. The zero-order chi connectivity index (χ0) is 16.4. The van der Waals surface area contributed by atoms with Crippen LogP contribution in [0.2, 0.25) is 0 Å². The summed E-state index contributed by atoms with van der Waals surface area (Å²) in [6.45, 7) is 2.96. The summed E-state index contributed by atoms with van der Waals surface area (Å²) in [6.07, 6.45) is 2.02. The summed E-state index contributed by atoms with van der Waals surface area (Å²) in [6, 6.07) is 3.36. The largest absolute Gasteiger partial charge is 0.477 e. The second kappa shape index (κ2) is 6.07. The molecule has 0 atom stereocenters. The maximum Gasteiger partial charge on any atom is 0.356 e. The lowest BCUT2D eigenvalue weighted by atomic mass is 10.0. The van der Waals surface area contributed by atoms with E-state index in [2.05, 4.69) is 15.2 Å². The number of hydrogen-bond acceptors (Lipinski definition) is 5. The number of carbonyl (C=O) groups is 2. The highest BCUT2D eigenvalue weighted by molar-refractivity contribution is 5.96. The van der Waals surface area contributed by atoms with Crippen molar-refractivity contribution in [3.8, 4) is 5.88 Å². The van der Waals surface area contributed by atoms with Crippen LogP contribution >= 0.6 is 0 Å². The fourth-order valence-electron chi connectivity index (χ4n) is 2.64. The van der Waals surface area contributed by atoms with Gasteiger partial charge in [0.15, 0.2) is 5.69 Å². The zero-order valence-corrected chi connectivity index (χ0v) is 12.6. The van der Waals surface area contributed by atoms with E-state index in [1.807, 2.05) is 6.92 Å². The Bertz CT molecular complexity index is 756. The molecule has 0 bridgehead atoms. The number of pyridine rings is 1. The minimum Gasteiger partial charge on any atom is -0.477 e. The van der Waals surface area contributed by atoms with Gasteiger partial charge in [-0.15, -0.1) is 0 Å². The molecule has 0 radical (unpaired) electrons. The molecule has 0 saturated heterocycles. The number of amides is 1. The third-order valence-electron chi connectivity index (χ3n) is 3.71. The molecule has 23 heavy (non-hydrogen) atoms. The summed E-state index contributed by atoms with van der Waals surface area (Å²) in [7, 11) is 0. The minimum atomic E-state index is -1.06. The predicted molar refractivity (Wildman–Crippen MR) is 79.4 cm³/mol. The molecule has 2 aromatic heterocycles. The lowest BCUT2D eigenvalue weighted by Crippen LogP contribution is -2.36. The van der Waals surface area contributed by atoms with Crippen LogP contribution in [0.5, 0.6) is 5.88 Å². The van der Waals surface area contributed by atoms with E-state index in [9.17, 15) is 9.59 Å². The first kappa shape index (κ1) is 15.0. The van der Waals surface area contributed by atoms with E-state index in [0.29, 0.717) is 42.3 Å². The van der Waals surface area contributed by atoms with E-state index in [0.717, 1.165) is 0 Å². The van der Waals surface area contributed by atoms with Gasteiger partial charge in [-0.2, -0.15) is 5.10 Å². The quantitative estimate of drug-likeness (QED) is 0.874. The molecular formula is C15H16N4O4. The summed E-state index contributed by atoms with van der Waals surface area (Å²) in [4.78, 5) is 29.5. The lowest BCUT2D eigenvalue weighted by molar-refractivity contribution is 0.0689. The monoisotopic (exact) mass is 316 g/mol. The molecule has 0 spiro atoms. The van der Waals surface area contributed by atoms with Crippen molar-refractivity contribution in [3.05, 3.63) is 40.8 Å². The molecule has 8 heteroatoms. The van der Waals surface area contributed by atoms with Gasteiger partial charge < -0.3 is 14.7 Å². The predicted octanol–water partition coefficient (Wildman–Crippen LogP) is 1.10. The van der Waals surface area contributed by atoms with Gasteiger partial charge in [0.1, 0.15) is 5.56 Å². The van der Waals surface area contributed by atoms with Crippen molar-refractivity contribution >= 4 is 11.9 Å². The number of H-pyrrole nitrogens is 1. The SMILES string of the molecule is CCOc1ncccc1C(=O)N1CCc2c(C(=O)O)n[nH]c2C1. The van der Waals surface area contributed by atoms with Gasteiger partial charge in [0, 0.05) is 18.3 Å². The molecule has 1 aliphatic rings. The summed E-state index contributed by atoms with van der Waals surface area (Å²) in [5.74, 6) is -0.950. The van der Waals surface area contributed by atoms with Gasteiger partial charge >= 0.3 is 5.97 Å². The van der Waals surface area contributed by atoms with E-state index < -0.39 is 5.97 Å². The van der Waals surface area contributed by atoms with Crippen LogP contribution in [0.15, 0.2) is 18.3 Å². The number of aromatic nitrogens is 3. The number of carboxylic acids is 1. The van der Waals surface area contributed by atoms with E-state index in [-0.39, 0.29) is 18.1 Å². The molecule has 0 saturated carbocycles. The smallest absolute Gasteiger partial charge is 0.356 e. The topological polar surface area (TPSA) is 108 Å². The van der Waals surface area contributed by atoms with E-state index in [1.54, 1.807) is 23.2 Å². The number of fused-ring (bicyclic) bond motifs is 1. The number of aromatic amines is 1. The first-order valence-corrected chi connectivity index (χ1v) is 7.28. The van der Waals surface area contributed by atoms with Gasteiger partial charge in [0.2, 0.25) is 5.88 Å². The van der Waals surface area contributed by atoms with E-state index >= 15 is 0 Å². The maximum atomic E-state index is 12.7. The van der Waals surface area contributed by atoms with Gasteiger partial charge in [-0.25, -0.2) is 9.78 Å². The molecule has 1 amide bonds. The number of hydrogen-bond donors (Lipinski definition) is 2. The standard InChI is InChI=1S/C15H16N4O4/c1-2-23-13-10(4-3-6-16-13)14(20)19-7-5-9-11(8-19)17-18-12(9)15(21)22/h3-4,6H,2,5,7-8H2,1H3,(H,17,18)(H,21,22). The molecule has 0 fully saturated rings. The van der Waals surface area contributed by atoms with Crippen LogP contribution in [0.3, 0.4) is 0 Å². The Kier molecular flexibility index (Phi) is 3.96. The molecule has 2 aromatic rings. The Hall–Kier alpha value is -2.90. The molecule has 3 heterocycles. The van der Waals surface area contributed by atoms with Crippen LogP contribution in [0, 0.1) is 0 Å². The average molecular weight is 316 g/mol. The van der Waals surface area contributed by atoms with Crippen molar-refractivity contribution in [1.82, 2.24) is 20.1 Å². The fraction of sp³-hybridized carbons (Fsp3) is 0.333. The Balaban J connectivity index is 1.84. The van der Waals surface area contributed by atoms with Crippen LogP contribution in [-0.4, -0.2) is 50.2 Å². The van der Waals surface area contributed by atoms with Crippen LogP contribution in [0.4, 0.5) is 0 Å². The van der Waals surface area contributed by atoms with E-state index in [4.69, 9.17) is 9.84 Å². The third-order valence-corrected chi connectivity index (χ3v) is 3.71. The maximum absolute atomic E-state index is 12.7. The van der Waals surface area contributed by atoms with Crippen LogP contribution in [0.1, 0.15) is 39.0 Å². The summed E-state index contributed by atoms with van der Waals surface area (Å²) in [5.41, 5.74) is 1.75. The molecule has 0 unspecified atom stereocenters. The highest BCUT2D eigenvalue weighted by atomic mass is 16.5. The lowest BCUT2D eigenvalue weighted by Gasteiger charge is -2.27. The fourth-order valence-corrected chi connectivity index (χ4v) is 2.64. The molecule has 2 N–H and O–H groups in total. The Morgan fingerprint density at radius 1 is 1.48 bits per heavy atom. The highest BCUT2D eigenvalue weighted by Gasteiger charge is 2.29. The second-order valence-corrected chi connectivity index (χ2v) is 5.10. The number of carbonyl (C=O) groups excluding carboxylic acids is 1. The Morgan fingerprint density at radius 3 is 3.04 bits per heavy atom. The first-order chi connectivity index (χ1) is 11.1. The third kappa shape index (κ3) is 2.75. The first-order valence-electron chi connectivity index (χ1n) is 7.28. The van der Waals surface area contributed by atoms with Crippen molar-refractivity contribution in [3.63, 3.8) is 0 Å². The number of aromatic carboxylic acids is 1. The molecular weight excluding hydrogens is 300 g/mol. The number of ether oxygens (including phenoxy) is 1. The average Bonchev–Trinajstić information content (AvgIpc) is 2.98. The summed E-state index contributed by atoms with van der Waals surface area (Å²) in [5, 5.41) is 15.6. The van der Waals surface area contributed by atoms with Crippen LogP contribution in [0.25, 0.3) is 0 Å². The summed E-state index contributed by atoms with van der Waals surface area (Å²) < 4.78 is 5.40. The normalized spacial score (nSPS) is 13.5. The van der Waals surface area contributed by atoms with Gasteiger partial charge in [-0.05, 0) is 25.5 Å². The highest BCUT2D eigenvalue weighted by Crippen LogP contribution is 2.24. The van der Waals surface area contributed by atoms with Crippen molar-refractivity contribution in [1.29, 1.82) is 0 Å². The number of nitrogens with zero attached hydrogens (tertiary/aromatic N) is 3. The number of nitrogens with one attached hydrogen (secondary N) is 1. The van der Waals surface area contributed by atoms with Gasteiger partial charge in [-0.1, -0.05) is 0 Å². The van der Waals surface area contributed by atoms with Gasteiger partial charge in [-0.3, -0.25) is 9.89 Å². The van der Waals surface area contributed by atoms with Crippen molar-refractivity contribution in [2.45, 2.75) is 19.9 Å². The minimum absolute atomic E-state index is 0.0310. The van der Waals surface area contributed by atoms with Crippen molar-refractivity contribution in [2.24, 2.45) is 0 Å². The number of carboxylic acid groups (broad SMARTS) is 1. The molecule has 3 rings (SSSR count).